The molecule has 6 nitrogen and oxygen atoms in total. The van der Waals surface area contributed by atoms with Gasteiger partial charge in [0.15, 0.2) is 0 Å². The van der Waals surface area contributed by atoms with Gasteiger partial charge in [-0.05, 0) is 43.5 Å². The molecule has 0 spiro atoms. The van der Waals surface area contributed by atoms with Gasteiger partial charge in [0.05, 0.1) is 17.0 Å². The van der Waals surface area contributed by atoms with E-state index in [1.54, 1.807) is 4.90 Å². The maximum atomic E-state index is 12.7. The van der Waals surface area contributed by atoms with Crippen molar-refractivity contribution in [3.63, 3.8) is 0 Å². The first-order valence-electron chi connectivity index (χ1n) is 10.7. The van der Waals surface area contributed by atoms with Gasteiger partial charge in [-0.3, -0.25) is 9.59 Å². The van der Waals surface area contributed by atoms with E-state index in [0.717, 1.165) is 47.5 Å². The van der Waals surface area contributed by atoms with E-state index >= 15 is 0 Å². The van der Waals surface area contributed by atoms with Crippen molar-refractivity contribution in [2.24, 2.45) is 5.92 Å². The van der Waals surface area contributed by atoms with Crippen LogP contribution in [0.1, 0.15) is 31.2 Å². The molecule has 30 heavy (non-hydrogen) atoms. The second kappa shape index (κ2) is 8.69. The second-order valence-electron chi connectivity index (χ2n) is 7.83. The zero-order valence-corrected chi connectivity index (χ0v) is 17.6. The lowest BCUT2D eigenvalue weighted by molar-refractivity contribution is -0.126. The van der Waals surface area contributed by atoms with Crippen LogP contribution in [0.4, 0.5) is 5.69 Å². The molecule has 0 saturated carbocycles. The fourth-order valence-corrected chi connectivity index (χ4v) is 4.26. The lowest BCUT2D eigenvalue weighted by Crippen LogP contribution is -2.34. The Balaban J connectivity index is 1.31. The van der Waals surface area contributed by atoms with Crippen LogP contribution in [0.2, 0.25) is 0 Å². The van der Waals surface area contributed by atoms with E-state index in [0.29, 0.717) is 13.1 Å². The summed E-state index contributed by atoms with van der Waals surface area (Å²) in [7, 11) is 0. The summed E-state index contributed by atoms with van der Waals surface area (Å²) in [6, 6.07) is 16.0. The van der Waals surface area contributed by atoms with Crippen LogP contribution in [0, 0.1) is 12.8 Å². The number of para-hydroxylation sites is 3. The first kappa shape index (κ1) is 20.1. The molecule has 1 aliphatic rings. The number of rotatable bonds is 7. The number of aryl methyl sites for hydroxylation is 3. The second-order valence-corrected chi connectivity index (χ2v) is 7.83. The van der Waals surface area contributed by atoms with Crippen molar-refractivity contribution in [1.29, 1.82) is 0 Å². The number of hydrogen-bond acceptors (Lipinski definition) is 3. The zero-order chi connectivity index (χ0) is 21.1. The van der Waals surface area contributed by atoms with E-state index in [2.05, 4.69) is 27.9 Å². The first-order chi connectivity index (χ1) is 14.6. The normalized spacial score (nSPS) is 16.4. The van der Waals surface area contributed by atoms with Crippen LogP contribution in [0.5, 0.6) is 0 Å². The minimum Gasteiger partial charge on any atom is -0.356 e. The molecular weight excluding hydrogens is 376 g/mol. The van der Waals surface area contributed by atoms with Crippen LogP contribution in [0.25, 0.3) is 11.0 Å². The number of benzene rings is 2. The summed E-state index contributed by atoms with van der Waals surface area (Å²) >= 11 is 0. The molecule has 1 fully saturated rings. The summed E-state index contributed by atoms with van der Waals surface area (Å²) in [5, 5.41) is 3.02. The molecule has 1 atom stereocenters. The van der Waals surface area contributed by atoms with Gasteiger partial charge in [-0.1, -0.05) is 37.3 Å². The van der Waals surface area contributed by atoms with Gasteiger partial charge in [0, 0.05) is 31.7 Å². The first-order valence-corrected chi connectivity index (χ1v) is 10.7. The molecule has 0 radical (unpaired) electrons. The van der Waals surface area contributed by atoms with Crippen molar-refractivity contribution in [3.8, 4) is 0 Å². The molecule has 4 rings (SSSR count). The fraction of sp³-hybridized carbons (Fsp3) is 0.375. The minimum absolute atomic E-state index is 0.0246. The van der Waals surface area contributed by atoms with Gasteiger partial charge < -0.3 is 14.8 Å². The lowest BCUT2D eigenvalue weighted by atomic mass is 10.1. The van der Waals surface area contributed by atoms with Crippen molar-refractivity contribution in [2.45, 2.75) is 39.7 Å². The number of carbonyl (C=O) groups excluding carboxylic acids is 2. The Morgan fingerprint density at radius 3 is 2.77 bits per heavy atom. The van der Waals surface area contributed by atoms with E-state index in [1.807, 2.05) is 49.4 Å². The van der Waals surface area contributed by atoms with Gasteiger partial charge in [0.25, 0.3) is 0 Å². The Labute approximate surface area is 176 Å². The number of anilines is 1. The van der Waals surface area contributed by atoms with Crippen molar-refractivity contribution in [2.75, 3.05) is 18.0 Å². The molecule has 6 heteroatoms. The van der Waals surface area contributed by atoms with Gasteiger partial charge in [-0.2, -0.15) is 0 Å². The average Bonchev–Trinajstić information content (AvgIpc) is 3.30. The number of carbonyl (C=O) groups is 2. The fourth-order valence-electron chi connectivity index (χ4n) is 4.26. The third kappa shape index (κ3) is 3.95. The maximum Gasteiger partial charge on any atom is 0.227 e. The predicted molar refractivity (Wildman–Crippen MR) is 118 cm³/mol. The van der Waals surface area contributed by atoms with Crippen molar-refractivity contribution in [3.05, 3.63) is 59.9 Å². The highest BCUT2D eigenvalue weighted by Gasteiger charge is 2.35. The van der Waals surface area contributed by atoms with Gasteiger partial charge in [-0.25, -0.2) is 4.98 Å². The Morgan fingerprint density at radius 2 is 1.93 bits per heavy atom. The van der Waals surface area contributed by atoms with Gasteiger partial charge >= 0.3 is 0 Å². The molecule has 3 aromatic rings. The predicted octanol–water partition coefficient (Wildman–Crippen LogP) is 3.47. The van der Waals surface area contributed by atoms with E-state index in [9.17, 15) is 9.59 Å². The molecule has 2 aromatic carbocycles. The smallest absolute Gasteiger partial charge is 0.227 e. The molecule has 1 aromatic heterocycles. The molecular formula is C24H28N4O2. The molecule has 2 heterocycles. The van der Waals surface area contributed by atoms with Gasteiger partial charge in [-0.15, -0.1) is 0 Å². The van der Waals surface area contributed by atoms with Crippen LogP contribution in [-0.2, 0) is 22.6 Å². The minimum atomic E-state index is -0.293. The van der Waals surface area contributed by atoms with Crippen molar-refractivity contribution < 1.29 is 9.59 Å². The Bertz CT molecular complexity index is 1070. The van der Waals surface area contributed by atoms with Crippen molar-refractivity contribution >= 4 is 28.5 Å². The zero-order valence-electron chi connectivity index (χ0n) is 17.6. The Morgan fingerprint density at radius 1 is 1.17 bits per heavy atom. The number of imidazole rings is 1. The maximum absolute atomic E-state index is 12.7. The summed E-state index contributed by atoms with van der Waals surface area (Å²) in [6.07, 6.45) is 1.95. The molecule has 0 aliphatic carbocycles. The average molecular weight is 405 g/mol. The SMILES string of the molecule is CCc1ccccc1N1CC(C(=O)NCCCn2c(C)nc3ccccc32)CC1=O. The third-order valence-electron chi connectivity index (χ3n) is 5.86. The van der Waals surface area contributed by atoms with Crippen molar-refractivity contribution in [1.82, 2.24) is 14.9 Å². The molecule has 1 aliphatic heterocycles. The molecule has 1 saturated heterocycles. The van der Waals surface area contributed by atoms with Gasteiger partial charge in [0.1, 0.15) is 5.82 Å². The highest BCUT2D eigenvalue weighted by atomic mass is 16.2. The largest absolute Gasteiger partial charge is 0.356 e. The highest BCUT2D eigenvalue weighted by molar-refractivity contribution is 6.00. The molecule has 0 bridgehead atoms. The highest BCUT2D eigenvalue weighted by Crippen LogP contribution is 2.28. The summed E-state index contributed by atoms with van der Waals surface area (Å²) in [4.78, 5) is 31.5. The lowest BCUT2D eigenvalue weighted by Gasteiger charge is -2.20. The summed E-state index contributed by atoms with van der Waals surface area (Å²) in [5.41, 5.74) is 4.18. The monoisotopic (exact) mass is 404 g/mol. The number of nitrogens with zero attached hydrogens (tertiary/aromatic N) is 3. The van der Waals surface area contributed by atoms with Crippen LogP contribution in [0.3, 0.4) is 0 Å². The number of fused-ring (bicyclic) bond motifs is 1. The Kier molecular flexibility index (Phi) is 5.84. The van der Waals surface area contributed by atoms with Crippen LogP contribution in [-0.4, -0.2) is 34.5 Å². The molecule has 2 amide bonds. The number of amides is 2. The quantitative estimate of drug-likeness (QED) is 0.613. The number of aromatic nitrogens is 2. The summed E-state index contributed by atoms with van der Waals surface area (Å²) in [5.74, 6) is 0.677. The van der Waals surface area contributed by atoms with Crippen LogP contribution >= 0.6 is 0 Å². The molecule has 1 N–H and O–H groups in total. The van der Waals surface area contributed by atoms with E-state index in [4.69, 9.17) is 0 Å². The summed E-state index contributed by atoms with van der Waals surface area (Å²) < 4.78 is 2.18. The van der Waals surface area contributed by atoms with Crippen LogP contribution < -0.4 is 10.2 Å². The summed E-state index contributed by atoms with van der Waals surface area (Å²) in [6.45, 7) is 5.92. The van der Waals surface area contributed by atoms with Crippen LogP contribution in [0.15, 0.2) is 48.5 Å². The van der Waals surface area contributed by atoms with E-state index < -0.39 is 0 Å². The van der Waals surface area contributed by atoms with E-state index in [1.165, 1.54) is 0 Å². The molecule has 1 unspecified atom stereocenters. The number of nitrogens with one attached hydrogen (secondary N) is 1. The van der Waals surface area contributed by atoms with E-state index in [-0.39, 0.29) is 24.2 Å². The van der Waals surface area contributed by atoms with Gasteiger partial charge in [0.2, 0.25) is 11.8 Å². The third-order valence-corrected chi connectivity index (χ3v) is 5.86. The Hall–Kier alpha value is -3.15. The number of hydrogen-bond donors (Lipinski definition) is 1. The molecule has 156 valence electrons. The topological polar surface area (TPSA) is 67.2 Å². The standard InChI is InChI=1S/C24H28N4O2/c1-3-18-9-4-6-11-21(18)28-16-19(15-23(28)29)24(30)25-13-8-14-27-17(2)26-20-10-5-7-12-22(20)27/h4-7,9-12,19H,3,8,13-16H2,1-2H3,(H,25,30).